The summed E-state index contributed by atoms with van der Waals surface area (Å²) in [6.45, 7) is 1.10. The number of halogens is 1. The Morgan fingerprint density at radius 2 is 1.96 bits per heavy atom. The Kier molecular flexibility index (Phi) is 5.13. The molecule has 2 aliphatic rings. The molecule has 2 N–H and O–H groups in total. The van der Waals surface area contributed by atoms with E-state index in [1.54, 1.807) is 12.1 Å². The number of para-hydroxylation sites is 1. The first kappa shape index (κ1) is 18.0. The van der Waals surface area contributed by atoms with Gasteiger partial charge in [0.05, 0.1) is 34.9 Å². The van der Waals surface area contributed by atoms with Gasteiger partial charge in [-0.25, -0.2) is 0 Å². The summed E-state index contributed by atoms with van der Waals surface area (Å²) in [6.07, 6.45) is 0.819. The lowest BCUT2D eigenvalue weighted by atomic mass is 10.2. The average Bonchev–Trinajstić information content (AvgIpc) is 2.87. The molecule has 0 spiro atoms. The highest BCUT2D eigenvalue weighted by Crippen LogP contribution is 2.39. The summed E-state index contributed by atoms with van der Waals surface area (Å²) in [5.74, 6) is 0.636. The molecule has 0 saturated heterocycles. The summed E-state index contributed by atoms with van der Waals surface area (Å²) in [5.41, 5.74) is 1.21. The molecule has 8 heteroatoms. The number of anilines is 2. The smallest absolute Gasteiger partial charge is 0.238 e. The third kappa shape index (κ3) is 3.99. The molecule has 2 aromatic rings. The van der Waals surface area contributed by atoms with Crippen molar-refractivity contribution in [3.63, 3.8) is 0 Å². The minimum Gasteiger partial charge on any atom is -0.490 e. The lowest BCUT2D eigenvalue weighted by molar-refractivity contribution is -0.120. The van der Waals surface area contributed by atoms with E-state index in [1.165, 1.54) is 11.8 Å². The van der Waals surface area contributed by atoms with Crippen molar-refractivity contribution in [1.29, 1.82) is 0 Å². The first-order chi connectivity index (χ1) is 13.1. The maximum atomic E-state index is 12.5. The molecule has 0 fully saturated rings. The highest BCUT2D eigenvalue weighted by molar-refractivity contribution is 8.01. The number of nitrogens with one attached hydrogen (secondary N) is 2. The second-order valence-corrected chi connectivity index (χ2v) is 7.83. The number of hydrogen-bond donors (Lipinski definition) is 2. The molecule has 0 saturated carbocycles. The predicted octanol–water partition coefficient (Wildman–Crippen LogP) is 3.94. The zero-order valence-electron chi connectivity index (χ0n) is 14.3. The van der Waals surface area contributed by atoms with Gasteiger partial charge in [-0.1, -0.05) is 23.7 Å². The number of rotatable bonds is 3. The van der Waals surface area contributed by atoms with Crippen LogP contribution in [-0.2, 0) is 9.59 Å². The van der Waals surface area contributed by atoms with Crippen LogP contribution in [0.2, 0.25) is 5.02 Å². The minimum absolute atomic E-state index is 0.0373. The van der Waals surface area contributed by atoms with Gasteiger partial charge in [-0.05, 0) is 12.1 Å². The SMILES string of the molecule is O=C(C[C@H]1Sc2ccccc2NC1=O)Nc1cc2c(cc1Cl)OCCCO2. The number of thioether (sulfide) groups is 1. The zero-order chi connectivity index (χ0) is 18.8. The second-order valence-electron chi connectivity index (χ2n) is 6.17. The Hall–Kier alpha value is -2.38. The van der Waals surface area contributed by atoms with Gasteiger partial charge in [0.2, 0.25) is 11.8 Å². The molecule has 2 amide bonds. The molecular weight excluding hydrogens is 388 g/mol. The molecule has 0 bridgehead atoms. The van der Waals surface area contributed by atoms with Crippen LogP contribution < -0.4 is 20.1 Å². The van der Waals surface area contributed by atoms with Crippen molar-refractivity contribution in [1.82, 2.24) is 0 Å². The van der Waals surface area contributed by atoms with Crippen LogP contribution in [0.15, 0.2) is 41.3 Å². The Morgan fingerprint density at radius 1 is 1.22 bits per heavy atom. The number of ether oxygens (including phenoxy) is 2. The normalized spacial score (nSPS) is 18.1. The van der Waals surface area contributed by atoms with E-state index >= 15 is 0 Å². The standard InChI is InChI=1S/C19H17ClN2O4S/c20-11-8-14-15(26-7-3-6-25-14)9-13(11)21-18(23)10-17-19(24)22-12-4-1-2-5-16(12)27-17/h1-2,4-5,8-9,17H,3,6-7,10H2,(H,21,23)(H,22,24)/t17-/m1/s1. The molecule has 1 atom stereocenters. The average molecular weight is 405 g/mol. The number of fused-ring (bicyclic) bond motifs is 2. The van der Waals surface area contributed by atoms with Crippen LogP contribution in [0, 0.1) is 0 Å². The third-order valence-corrected chi connectivity index (χ3v) is 5.78. The summed E-state index contributed by atoms with van der Waals surface area (Å²) in [7, 11) is 0. The van der Waals surface area contributed by atoms with Crippen LogP contribution in [0.25, 0.3) is 0 Å². The van der Waals surface area contributed by atoms with E-state index < -0.39 is 5.25 Å². The zero-order valence-corrected chi connectivity index (χ0v) is 15.9. The van der Waals surface area contributed by atoms with Gasteiger partial charge in [-0.2, -0.15) is 0 Å². The van der Waals surface area contributed by atoms with E-state index in [2.05, 4.69) is 10.6 Å². The molecule has 0 radical (unpaired) electrons. The van der Waals surface area contributed by atoms with E-state index in [-0.39, 0.29) is 18.2 Å². The van der Waals surface area contributed by atoms with Gasteiger partial charge in [0.1, 0.15) is 0 Å². The van der Waals surface area contributed by atoms with Crippen molar-refractivity contribution in [2.45, 2.75) is 23.0 Å². The summed E-state index contributed by atoms with van der Waals surface area (Å²) >= 11 is 7.65. The van der Waals surface area contributed by atoms with Crippen molar-refractivity contribution in [3.8, 4) is 11.5 Å². The second kappa shape index (κ2) is 7.70. The fraction of sp³-hybridized carbons (Fsp3) is 0.263. The Morgan fingerprint density at radius 3 is 2.78 bits per heavy atom. The Labute approximate surface area is 165 Å². The van der Waals surface area contributed by atoms with E-state index in [4.69, 9.17) is 21.1 Å². The molecule has 0 aromatic heterocycles. The van der Waals surface area contributed by atoms with Gasteiger partial charge in [-0.15, -0.1) is 11.8 Å². The van der Waals surface area contributed by atoms with E-state index in [0.29, 0.717) is 35.4 Å². The number of amides is 2. The predicted molar refractivity (Wildman–Crippen MR) is 105 cm³/mol. The maximum Gasteiger partial charge on any atom is 0.238 e. The van der Waals surface area contributed by atoms with Gasteiger partial charge in [-0.3, -0.25) is 9.59 Å². The van der Waals surface area contributed by atoms with Crippen LogP contribution in [-0.4, -0.2) is 30.3 Å². The van der Waals surface area contributed by atoms with Crippen LogP contribution in [0.5, 0.6) is 11.5 Å². The first-order valence-corrected chi connectivity index (χ1v) is 9.81. The molecule has 0 unspecified atom stereocenters. The number of carbonyl (C=O) groups is 2. The van der Waals surface area contributed by atoms with Crippen molar-refractivity contribution in [2.24, 2.45) is 0 Å². The molecule has 140 valence electrons. The lowest BCUT2D eigenvalue weighted by Crippen LogP contribution is -2.32. The fourth-order valence-electron chi connectivity index (χ4n) is 2.88. The van der Waals surface area contributed by atoms with Gasteiger partial charge >= 0.3 is 0 Å². The molecule has 2 heterocycles. The first-order valence-electron chi connectivity index (χ1n) is 8.56. The molecule has 2 aliphatic heterocycles. The lowest BCUT2D eigenvalue weighted by Gasteiger charge is -2.23. The van der Waals surface area contributed by atoms with Crippen LogP contribution in [0.4, 0.5) is 11.4 Å². The van der Waals surface area contributed by atoms with Crippen molar-refractivity contribution in [2.75, 3.05) is 23.8 Å². The van der Waals surface area contributed by atoms with Gasteiger partial charge in [0, 0.05) is 29.9 Å². The summed E-state index contributed by atoms with van der Waals surface area (Å²) in [5, 5.41) is 5.47. The topological polar surface area (TPSA) is 76.7 Å². The summed E-state index contributed by atoms with van der Waals surface area (Å²) in [4.78, 5) is 25.7. The number of benzene rings is 2. The van der Waals surface area contributed by atoms with Gasteiger partial charge in [0.15, 0.2) is 11.5 Å². The fourth-order valence-corrected chi connectivity index (χ4v) is 4.19. The Bertz CT molecular complexity index is 905. The third-order valence-electron chi connectivity index (χ3n) is 4.19. The summed E-state index contributed by atoms with van der Waals surface area (Å²) in [6, 6.07) is 10.8. The van der Waals surface area contributed by atoms with Crippen LogP contribution in [0.1, 0.15) is 12.8 Å². The van der Waals surface area contributed by atoms with Crippen LogP contribution in [0.3, 0.4) is 0 Å². The van der Waals surface area contributed by atoms with Gasteiger partial charge in [0.25, 0.3) is 0 Å². The molecule has 6 nitrogen and oxygen atoms in total. The van der Waals surface area contributed by atoms with E-state index in [0.717, 1.165) is 17.0 Å². The molecule has 2 aromatic carbocycles. The molecule has 27 heavy (non-hydrogen) atoms. The molecule has 0 aliphatic carbocycles. The maximum absolute atomic E-state index is 12.5. The van der Waals surface area contributed by atoms with E-state index in [1.807, 2.05) is 24.3 Å². The monoisotopic (exact) mass is 404 g/mol. The van der Waals surface area contributed by atoms with E-state index in [9.17, 15) is 9.59 Å². The van der Waals surface area contributed by atoms with Crippen molar-refractivity contribution in [3.05, 3.63) is 41.4 Å². The number of carbonyl (C=O) groups excluding carboxylic acids is 2. The highest BCUT2D eigenvalue weighted by atomic mass is 35.5. The summed E-state index contributed by atoms with van der Waals surface area (Å²) < 4.78 is 11.2. The highest BCUT2D eigenvalue weighted by Gasteiger charge is 2.29. The molecule has 4 rings (SSSR count). The molecular formula is C19H17ClN2O4S. The van der Waals surface area contributed by atoms with Crippen LogP contribution >= 0.6 is 23.4 Å². The number of hydrogen-bond acceptors (Lipinski definition) is 5. The largest absolute Gasteiger partial charge is 0.490 e. The minimum atomic E-state index is -0.501. The quantitative estimate of drug-likeness (QED) is 0.810. The van der Waals surface area contributed by atoms with Crippen molar-refractivity contribution < 1.29 is 19.1 Å². The Balaban J connectivity index is 1.45. The van der Waals surface area contributed by atoms with Crippen molar-refractivity contribution >= 4 is 46.6 Å². The van der Waals surface area contributed by atoms with Gasteiger partial charge < -0.3 is 20.1 Å².